The van der Waals surface area contributed by atoms with E-state index in [1.54, 1.807) is 6.07 Å². The van der Waals surface area contributed by atoms with Gasteiger partial charge in [0.15, 0.2) is 6.61 Å². The summed E-state index contributed by atoms with van der Waals surface area (Å²) in [4.78, 5) is 24.7. The first-order chi connectivity index (χ1) is 13.5. The minimum atomic E-state index is -0.693. The van der Waals surface area contributed by atoms with E-state index in [2.05, 4.69) is 5.32 Å². The number of anilines is 1. The lowest BCUT2D eigenvalue weighted by Gasteiger charge is -2.10. The Bertz CT molecular complexity index is 1010. The molecule has 0 fully saturated rings. The van der Waals surface area contributed by atoms with Crippen molar-refractivity contribution in [1.82, 2.24) is 0 Å². The van der Waals surface area contributed by atoms with Crippen LogP contribution in [0.25, 0.3) is 11.0 Å². The topological polar surface area (TPSA) is 77.8 Å². The summed E-state index contributed by atoms with van der Waals surface area (Å²) in [6.07, 6.45) is 0. The van der Waals surface area contributed by atoms with Crippen LogP contribution in [0.5, 0.6) is 0 Å². The molecule has 0 aliphatic heterocycles. The van der Waals surface area contributed by atoms with Gasteiger partial charge in [-0.15, -0.1) is 0 Å². The number of hydrogen-bond acceptors (Lipinski definition) is 5. The molecule has 0 radical (unpaired) electrons. The quantitative estimate of drug-likeness (QED) is 0.615. The molecule has 0 aliphatic rings. The molecule has 0 bridgehead atoms. The van der Waals surface area contributed by atoms with Crippen molar-refractivity contribution in [2.45, 2.75) is 27.4 Å². The maximum atomic E-state index is 12.5. The van der Waals surface area contributed by atoms with Crippen molar-refractivity contribution in [2.75, 3.05) is 18.5 Å². The van der Waals surface area contributed by atoms with E-state index in [1.165, 1.54) is 0 Å². The van der Waals surface area contributed by atoms with Gasteiger partial charge in [-0.3, -0.25) is 4.79 Å². The number of nitrogens with one attached hydrogen (secondary N) is 1. The molecule has 0 saturated heterocycles. The lowest BCUT2D eigenvalue weighted by molar-refractivity contribution is -0.119. The number of ether oxygens (including phenoxy) is 2. The zero-order valence-corrected chi connectivity index (χ0v) is 16.2. The summed E-state index contributed by atoms with van der Waals surface area (Å²) in [6.45, 7) is 6.04. The van der Waals surface area contributed by atoms with Gasteiger partial charge >= 0.3 is 5.97 Å². The van der Waals surface area contributed by atoms with Gasteiger partial charge < -0.3 is 19.2 Å². The molecule has 3 aromatic rings. The van der Waals surface area contributed by atoms with Crippen molar-refractivity contribution < 1.29 is 23.5 Å². The maximum absolute atomic E-state index is 12.5. The van der Waals surface area contributed by atoms with E-state index in [0.29, 0.717) is 23.4 Å². The number of carbonyl (C=O) groups is 2. The third kappa shape index (κ3) is 4.40. The van der Waals surface area contributed by atoms with Crippen LogP contribution >= 0.6 is 0 Å². The van der Waals surface area contributed by atoms with E-state index in [0.717, 1.165) is 16.5 Å². The highest BCUT2D eigenvalue weighted by molar-refractivity contribution is 5.98. The normalized spacial score (nSPS) is 10.8. The molecule has 0 atom stereocenters. The Hall–Kier alpha value is -3.12. The Morgan fingerprint density at radius 1 is 1.11 bits per heavy atom. The first-order valence-corrected chi connectivity index (χ1v) is 9.12. The van der Waals surface area contributed by atoms with Crippen LogP contribution in [0.3, 0.4) is 0 Å². The van der Waals surface area contributed by atoms with Gasteiger partial charge in [0, 0.05) is 23.2 Å². The summed E-state index contributed by atoms with van der Waals surface area (Å²) >= 11 is 0. The molecule has 6 heteroatoms. The molecule has 1 N–H and O–H groups in total. The van der Waals surface area contributed by atoms with E-state index in [4.69, 9.17) is 13.9 Å². The summed E-state index contributed by atoms with van der Waals surface area (Å²) in [7, 11) is 0. The van der Waals surface area contributed by atoms with Crippen molar-refractivity contribution in [1.29, 1.82) is 0 Å². The van der Waals surface area contributed by atoms with Crippen LogP contribution in [-0.4, -0.2) is 25.1 Å². The van der Waals surface area contributed by atoms with Crippen LogP contribution in [-0.2, 0) is 20.9 Å². The fourth-order valence-electron chi connectivity index (χ4n) is 2.86. The molecule has 2 aromatic carbocycles. The number of carbonyl (C=O) groups excluding carboxylic acids is 2. The van der Waals surface area contributed by atoms with Crippen LogP contribution in [0.15, 0.2) is 46.9 Å². The van der Waals surface area contributed by atoms with Crippen LogP contribution in [0.2, 0.25) is 0 Å². The number of fused-ring (bicyclic) bond motifs is 1. The van der Waals surface area contributed by atoms with Crippen LogP contribution in [0.4, 0.5) is 5.69 Å². The van der Waals surface area contributed by atoms with Crippen molar-refractivity contribution in [3.05, 3.63) is 64.9 Å². The summed E-state index contributed by atoms with van der Waals surface area (Å²) < 4.78 is 16.3. The fourth-order valence-corrected chi connectivity index (χ4v) is 2.86. The Morgan fingerprint density at radius 3 is 2.68 bits per heavy atom. The van der Waals surface area contributed by atoms with Gasteiger partial charge in [-0.2, -0.15) is 0 Å². The first kappa shape index (κ1) is 19.6. The maximum Gasteiger partial charge on any atom is 0.375 e. The number of furan rings is 1. The summed E-state index contributed by atoms with van der Waals surface area (Å²) in [6, 6.07) is 13.1. The third-order valence-electron chi connectivity index (χ3n) is 4.34. The van der Waals surface area contributed by atoms with Crippen LogP contribution in [0, 0.1) is 13.8 Å². The molecule has 0 spiro atoms. The number of aryl methyl sites for hydroxylation is 2. The summed E-state index contributed by atoms with van der Waals surface area (Å²) in [5, 5.41) is 3.56. The van der Waals surface area contributed by atoms with E-state index < -0.39 is 18.5 Å². The van der Waals surface area contributed by atoms with Crippen LogP contribution < -0.4 is 5.32 Å². The van der Waals surface area contributed by atoms with Gasteiger partial charge in [-0.05, 0) is 44.0 Å². The monoisotopic (exact) mass is 381 g/mol. The van der Waals surface area contributed by atoms with Gasteiger partial charge in [0.2, 0.25) is 5.76 Å². The molecule has 28 heavy (non-hydrogen) atoms. The smallest absolute Gasteiger partial charge is 0.375 e. The molecule has 3 rings (SSSR count). The molecule has 0 unspecified atom stereocenters. The van der Waals surface area contributed by atoms with E-state index in [1.807, 2.05) is 57.2 Å². The fraction of sp³-hybridized carbons (Fsp3) is 0.273. The number of rotatable bonds is 7. The highest BCUT2D eigenvalue weighted by atomic mass is 16.5. The predicted molar refractivity (Wildman–Crippen MR) is 106 cm³/mol. The molecule has 1 heterocycles. The Kier molecular flexibility index (Phi) is 6.11. The molecule has 146 valence electrons. The molecular formula is C22H23NO5. The van der Waals surface area contributed by atoms with Gasteiger partial charge in [0.25, 0.3) is 5.91 Å². The highest BCUT2D eigenvalue weighted by Gasteiger charge is 2.22. The molecule has 0 aliphatic carbocycles. The van der Waals surface area contributed by atoms with E-state index in [9.17, 15) is 9.59 Å². The second-order valence-corrected chi connectivity index (χ2v) is 6.49. The first-order valence-electron chi connectivity index (χ1n) is 9.12. The summed E-state index contributed by atoms with van der Waals surface area (Å²) in [5.41, 5.74) is 3.85. The number of hydrogen-bond donors (Lipinski definition) is 1. The van der Waals surface area contributed by atoms with Gasteiger partial charge in [0.1, 0.15) is 5.58 Å². The van der Waals surface area contributed by atoms with Crippen LogP contribution in [0.1, 0.15) is 34.2 Å². The van der Waals surface area contributed by atoms with Gasteiger partial charge in [-0.1, -0.05) is 30.3 Å². The SMILES string of the molecule is CCOCc1c(C(=O)OCC(=O)Nc2cc(C)ccc2C)oc2ccccc12. The lowest BCUT2D eigenvalue weighted by atomic mass is 10.1. The molecule has 1 amide bonds. The van der Waals surface area contributed by atoms with Gasteiger partial charge in [-0.25, -0.2) is 4.79 Å². The summed E-state index contributed by atoms with van der Waals surface area (Å²) in [5.74, 6) is -1.04. The minimum Gasteiger partial charge on any atom is -0.450 e. The second-order valence-electron chi connectivity index (χ2n) is 6.49. The minimum absolute atomic E-state index is 0.0641. The van der Waals surface area contributed by atoms with E-state index in [-0.39, 0.29) is 12.4 Å². The Morgan fingerprint density at radius 2 is 1.89 bits per heavy atom. The molecule has 1 aromatic heterocycles. The average Bonchev–Trinajstić information content (AvgIpc) is 3.06. The van der Waals surface area contributed by atoms with Crippen molar-refractivity contribution in [2.24, 2.45) is 0 Å². The average molecular weight is 381 g/mol. The molecule has 0 saturated carbocycles. The Balaban J connectivity index is 1.70. The zero-order chi connectivity index (χ0) is 20.1. The Labute approximate surface area is 163 Å². The number of para-hydroxylation sites is 1. The van der Waals surface area contributed by atoms with Crippen molar-refractivity contribution >= 4 is 28.5 Å². The number of esters is 1. The zero-order valence-electron chi connectivity index (χ0n) is 16.2. The molecular weight excluding hydrogens is 358 g/mol. The van der Waals surface area contributed by atoms with Crippen molar-refractivity contribution in [3.8, 4) is 0 Å². The number of benzene rings is 2. The predicted octanol–water partition coefficient (Wildman–Crippen LogP) is 4.38. The van der Waals surface area contributed by atoms with Gasteiger partial charge in [0.05, 0.1) is 6.61 Å². The van der Waals surface area contributed by atoms with Crippen molar-refractivity contribution in [3.63, 3.8) is 0 Å². The standard InChI is InChI=1S/C22H23NO5/c1-4-26-12-17-16-7-5-6-8-19(16)28-21(17)22(25)27-13-20(24)23-18-11-14(2)9-10-15(18)3/h5-11H,4,12-13H2,1-3H3,(H,23,24). The van der Waals surface area contributed by atoms with E-state index >= 15 is 0 Å². The number of amides is 1. The highest BCUT2D eigenvalue weighted by Crippen LogP contribution is 2.27. The third-order valence-corrected chi connectivity index (χ3v) is 4.34. The second kappa shape index (κ2) is 8.71. The largest absolute Gasteiger partial charge is 0.450 e. The molecule has 6 nitrogen and oxygen atoms in total. The lowest BCUT2D eigenvalue weighted by Crippen LogP contribution is -2.21.